The summed E-state index contributed by atoms with van der Waals surface area (Å²) in [6.07, 6.45) is 0. The normalized spacial score (nSPS) is 13.6. The predicted octanol–water partition coefficient (Wildman–Crippen LogP) is -0.871. The van der Waals surface area contributed by atoms with Gasteiger partial charge in [-0.3, -0.25) is 4.90 Å². The van der Waals surface area contributed by atoms with Gasteiger partial charge in [0.2, 0.25) is 0 Å². The molecule has 0 rings (SSSR count). The van der Waals surface area contributed by atoms with Crippen LogP contribution in [0.5, 0.6) is 0 Å². The molecule has 13 heavy (non-hydrogen) atoms. The third kappa shape index (κ3) is 6.95. The van der Waals surface area contributed by atoms with E-state index in [1.165, 1.54) is 0 Å². The number of nitrogens with one attached hydrogen (secondary N) is 1. The zero-order chi connectivity index (χ0) is 10.1. The van der Waals surface area contributed by atoms with Gasteiger partial charge in [-0.1, -0.05) is 6.92 Å². The second-order valence-electron chi connectivity index (χ2n) is 3.41. The molecule has 0 aromatic heterocycles. The number of aliphatic hydroxyl groups is 2. The first kappa shape index (κ1) is 12.8. The Morgan fingerprint density at radius 2 is 1.77 bits per heavy atom. The topological polar surface area (TPSA) is 55.7 Å². The van der Waals surface area contributed by atoms with Gasteiger partial charge in [-0.25, -0.2) is 0 Å². The van der Waals surface area contributed by atoms with E-state index in [0.717, 1.165) is 13.1 Å². The van der Waals surface area contributed by atoms with Crippen LogP contribution in [0.25, 0.3) is 0 Å². The van der Waals surface area contributed by atoms with E-state index in [0.29, 0.717) is 19.0 Å². The molecule has 0 aliphatic heterocycles. The highest BCUT2D eigenvalue weighted by Gasteiger charge is 2.08. The van der Waals surface area contributed by atoms with Crippen molar-refractivity contribution < 1.29 is 10.2 Å². The Balaban J connectivity index is 3.64. The average Bonchev–Trinajstić information content (AvgIpc) is 2.05. The second-order valence-corrected chi connectivity index (χ2v) is 3.41. The summed E-state index contributed by atoms with van der Waals surface area (Å²) in [5.41, 5.74) is 0. The van der Waals surface area contributed by atoms with Crippen molar-refractivity contribution in [3.8, 4) is 0 Å². The fraction of sp³-hybridized carbons (Fsp3) is 1.00. The van der Waals surface area contributed by atoms with Crippen LogP contribution in [-0.4, -0.2) is 61.6 Å². The van der Waals surface area contributed by atoms with Crippen molar-refractivity contribution in [3.63, 3.8) is 0 Å². The lowest BCUT2D eigenvalue weighted by molar-refractivity contribution is 0.147. The SMILES string of the molecule is CNCC(C)CN(CCO)CCO. The molecule has 80 valence electrons. The summed E-state index contributed by atoms with van der Waals surface area (Å²) in [7, 11) is 1.93. The monoisotopic (exact) mass is 190 g/mol. The average molecular weight is 190 g/mol. The van der Waals surface area contributed by atoms with Crippen molar-refractivity contribution in [2.45, 2.75) is 6.92 Å². The van der Waals surface area contributed by atoms with Crippen LogP contribution in [0, 0.1) is 5.92 Å². The maximum atomic E-state index is 8.77. The highest BCUT2D eigenvalue weighted by atomic mass is 16.3. The third-order valence-corrected chi connectivity index (χ3v) is 1.95. The van der Waals surface area contributed by atoms with Crippen molar-refractivity contribution >= 4 is 0 Å². The maximum Gasteiger partial charge on any atom is 0.0558 e. The summed E-state index contributed by atoms with van der Waals surface area (Å²) in [6.45, 7) is 5.65. The smallest absolute Gasteiger partial charge is 0.0558 e. The molecule has 0 saturated heterocycles. The zero-order valence-corrected chi connectivity index (χ0v) is 8.66. The summed E-state index contributed by atoms with van der Waals surface area (Å²) in [5, 5.41) is 20.6. The number of rotatable bonds is 8. The van der Waals surface area contributed by atoms with E-state index >= 15 is 0 Å². The summed E-state index contributed by atoms with van der Waals surface area (Å²) in [5.74, 6) is 0.545. The van der Waals surface area contributed by atoms with E-state index in [9.17, 15) is 0 Å². The van der Waals surface area contributed by atoms with Crippen LogP contribution in [0.1, 0.15) is 6.92 Å². The van der Waals surface area contributed by atoms with Gasteiger partial charge in [0.1, 0.15) is 0 Å². The lowest BCUT2D eigenvalue weighted by Crippen LogP contribution is -2.36. The van der Waals surface area contributed by atoms with E-state index in [-0.39, 0.29) is 13.2 Å². The van der Waals surface area contributed by atoms with Crippen LogP contribution < -0.4 is 5.32 Å². The van der Waals surface area contributed by atoms with Crippen LogP contribution in [0.15, 0.2) is 0 Å². The molecule has 0 aromatic rings. The first-order valence-electron chi connectivity index (χ1n) is 4.83. The molecule has 0 aromatic carbocycles. The molecule has 0 bridgehead atoms. The summed E-state index contributed by atoms with van der Waals surface area (Å²) < 4.78 is 0. The fourth-order valence-corrected chi connectivity index (χ4v) is 1.43. The first-order chi connectivity index (χ1) is 6.24. The predicted molar refractivity (Wildman–Crippen MR) is 53.7 cm³/mol. The highest BCUT2D eigenvalue weighted by molar-refractivity contribution is 4.63. The highest BCUT2D eigenvalue weighted by Crippen LogP contribution is 1.97. The van der Waals surface area contributed by atoms with Crippen LogP contribution in [-0.2, 0) is 0 Å². The molecule has 0 spiro atoms. The largest absolute Gasteiger partial charge is 0.395 e. The van der Waals surface area contributed by atoms with Gasteiger partial charge in [0.25, 0.3) is 0 Å². The van der Waals surface area contributed by atoms with Crippen molar-refractivity contribution in [3.05, 3.63) is 0 Å². The first-order valence-corrected chi connectivity index (χ1v) is 4.83. The minimum Gasteiger partial charge on any atom is -0.395 e. The summed E-state index contributed by atoms with van der Waals surface area (Å²) in [4.78, 5) is 2.07. The molecule has 0 aliphatic carbocycles. The molecule has 0 heterocycles. The Kier molecular flexibility index (Phi) is 8.33. The molecular weight excluding hydrogens is 168 g/mol. The molecule has 0 aliphatic rings. The Labute approximate surface area is 80.6 Å². The van der Waals surface area contributed by atoms with Gasteiger partial charge in [-0.05, 0) is 19.5 Å². The van der Waals surface area contributed by atoms with Gasteiger partial charge < -0.3 is 15.5 Å². The van der Waals surface area contributed by atoms with Gasteiger partial charge in [0.05, 0.1) is 13.2 Å². The Hall–Kier alpha value is -0.160. The Bertz CT molecular complexity index is 106. The van der Waals surface area contributed by atoms with Gasteiger partial charge in [0.15, 0.2) is 0 Å². The van der Waals surface area contributed by atoms with E-state index in [4.69, 9.17) is 10.2 Å². The van der Waals surface area contributed by atoms with Crippen LogP contribution in [0.4, 0.5) is 0 Å². The van der Waals surface area contributed by atoms with Crippen LogP contribution >= 0.6 is 0 Å². The molecule has 0 fully saturated rings. The van der Waals surface area contributed by atoms with Crippen molar-refractivity contribution in [2.24, 2.45) is 5.92 Å². The standard InChI is InChI=1S/C9H22N2O2/c1-9(7-10-2)8-11(3-5-12)4-6-13/h9-10,12-13H,3-8H2,1-2H3. The van der Waals surface area contributed by atoms with Crippen LogP contribution in [0.2, 0.25) is 0 Å². The molecular formula is C9H22N2O2. The lowest BCUT2D eigenvalue weighted by Gasteiger charge is -2.23. The molecule has 1 unspecified atom stereocenters. The van der Waals surface area contributed by atoms with Gasteiger partial charge in [-0.2, -0.15) is 0 Å². The molecule has 4 heteroatoms. The molecule has 1 atom stereocenters. The van der Waals surface area contributed by atoms with E-state index in [2.05, 4.69) is 17.1 Å². The molecule has 0 radical (unpaired) electrons. The minimum atomic E-state index is 0.159. The quantitative estimate of drug-likeness (QED) is 0.466. The maximum absolute atomic E-state index is 8.77. The summed E-state index contributed by atoms with van der Waals surface area (Å²) in [6, 6.07) is 0. The molecule has 3 N–H and O–H groups in total. The molecule has 0 amide bonds. The Morgan fingerprint density at radius 3 is 2.15 bits per heavy atom. The van der Waals surface area contributed by atoms with Gasteiger partial charge >= 0.3 is 0 Å². The van der Waals surface area contributed by atoms with E-state index in [1.807, 2.05) is 7.05 Å². The van der Waals surface area contributed by atoms with Crippen molar-refractivity contribution in [2.75, 3.05) is 46.4 Å². The van der Waals surface area contributed by atoms with Crippen LogP contribution in [0.3, 0.4) is 0 Å². The molecule has 0 saturated carbocycles. The fourth-order valence-electron chi connectivity index (χ4n) is 1.43. The van der Waals surface area contributed by atoms with Crippen molar-refractivity contribution in [1.29, 1.82) is 0 Å². The summed E-state index contributed by atoms with van der Waals surface area (Å²) >= 11 is 0. The second kappa shape index (κ2) is 8.44. The number of aliphatic hydroxyl groups excluding tert-OH is 2. The van der Waals surface area contributed by atoms with E-state index < -0.39 is 0 Å². The zero-order valence-electron chi connectivity index (χ0n) is 8.66. The number of hydrogen-bond acceptors (Lipinski definition) is 4. The van der Waals surface area contributed by atoms with Gasteiger partial charge in [0, 0.05) is 19.6 Å². The lowest BCUT2D eigenvalue weighted by atomic mass is 10.1. The van der Waals surface area contributed by atoms with E-state index in [1.54, 1.807) is 0 Å². The van der Waals surface area contributed by atoms with Crippen molar-refractivity contribution in [1.82, 2.24) is 10.2 Å². The Morgan fingerprint density at radius 1 is 1.23 bits per heavy atom. The number of hydrogen-bond donors (Lipinski definition) is 3. The van der Waals surface area contributed by atoms with Gasteiger partial charge in [-0.15, -0.1) is 0 Å². The minimum absolute atomic E-state index is 0.159. The molecule has 4 nitrogen and oxygen atoms in total. The number of nitrogens with zero attached hydrogens (tertiary/aromatic N) is 1. The third-order valence-electron chi connectivity index (χ3n) is 1.95.